The van der Waals surface area contributed by atoms with Crippen LogP contribution < -0.4 is 0 Å². The van der Waals surface area contributed by atoms with Gasteiger partial charge in [0, 0.05) is 0 Å². The maximum absolute atomic E-state index is 4.40. The van der Waals surface area contributed by atoms with Crippen molar-refractivity contribution in [1.82, 2.24) is 25.1 Å². The van der Waals surface area contributed by atoms with Crippen LogP contribution in [0.2, 0.25) is 0 Å². The third kappa shape index (κ3) is 2.83. The predicted molar refractivity (Wildman–Crippen MR) is 93.0 cm³/mol. The number of rotatable bonds is 4. The Morgan fingerprint density at radius 2 is 1.75 bits per heavy atom. The lowest BCUT2D eigenvalue weighted by Gasteiger charge is -2.26. The summed E-state index contributed by atoms with van der Waals surface area (Å²) in [6, 6.07) is 18.9. The van der Waals surface area contributed by atoms with E-state index in [1.165, 1.54) is 24.0 Å². The molecule has 0 radical (unpaired) electrons. The van der Waals surface area contributed by atoms with Gasteiger partial charge in [0.2, 0.25) is 0 Å². The van der Waals surface area contributed by atoms with Crippen LogP contribution in [-0.2, 0) is 0 Å². The standard InChI is InChI=1S/C19H21N5/c1-15-8-7-11-17(14-15)24-19(20-21-22-24)18(23-12-5-6-13-23)16-9-3-2-4-10-16/h2-4,7-11,14,18H,5-6,12-13H2,1H3. The van der Waals surface area contributed by atoms with Gasteiger partial charge in [0.05, 0.1) is 11.7 Å². The van der Waals surface area contributed by atoms with E-state index in [4.69, 9.17) is 0 Å². The molecule has 1 unspecified atom stereocenters. The van der Waals surface area contributed by atoms with Crippen molar-refractivity contribution in [2.45, 2.75) is 25.8 Å². The van der Waals surface area contributed by atoms with Crippen LogP contribution in [0, 0.1) is 6.92 Å². The Bertz CT molecular complexity index is 805. The van der Waals surface area contributed by atoms with Crippen molar-refractivity contribution < 1.29 is 0 Å². The molecule has 0 amide bonds. The van der Waals surface area contributed by atoms with Crippen LogP contribution in [-0.4, -0.2) is 38.2 Å². The molecule has 24 heavy (non-hydrogen) atoms. The highest BCUT2D eigenvalue weighted by Gasteiger charge is 2.30. The molecular weight excluding hydrogens is 298 g/mol. The fourth-order valence-corrected chi connectivity index (χ4v) is 3.47. The maximum Gasteiger partial charge on any atom is 0.178 e. The highest BCUT2D eigenvalue weighted by Crippen LogP contribution is 2.31. The van der Waals surface area contributed by atoms with Crippen LogP contribution in [0.5, 0.6) is 0 Å². The summed E-state index contributed by atoms with van der Waals surface area (Å²) in [7, 11) is 0. The largest absolute Gasteiger partial charge is 0.290 e. The number of tetrazole rings is 1. The minimum Gasteiger partial charge on any atom is -0.290 e. The first kappa shape index (κ1) is 15.0. The van der Waals surface area contributed by atoms with E-state index in [1.54, 1.807) is 0 Å². The summed E-state index contributed by atoms with van der Waals surface area (Å²) in [4.78, 5) is 2.48. The number of nitrogens with zero attached hydrogens (tertiary/aromatic N) is 5. The zero-order chi connectivity index (χ0) is 16.4. The Morgan fingerprint density at radius 3 is 2.50 bits per heavy atom. The highest BCUT2D eigenvalue weighted by atomic mass is 15.6. The second-order valence-electron chi connectivity index (χ2n) is 6.34. The fraction of sp³-hybridized carbons (Fsp3) is 0.316. The lowest BCUT2D eigenvalue weighted by molar-refractivity contribution is 0.268. The van der Waals surface area contributed by atoms with Crippen molar-refractivity contribution in [3.63, 3.8) is 0 Å². The molecule has 0 spiro atoms. The van der Waals surface area contributed by atoms with Crippen LogP contribution in [0.25, 0.3) is 5.69 Å². The van der Waals surface area contributed by atoms with Crippen LogP contribution in [0.1, 0.15) is 35.8 Å². The minimum atomic E-state index is 0.0872. The minimum absolute atomic E-state index is 0.0872. The molecule has 1 aromatic heterocycles. The normalized spacial score (nSPS) is 16.4. The molecule has 0 aliphatic carbocycles. The average molecular weight is 319 g/mol. The molecule has 1 aliphatic rings. The number of benzene rings is 2. The molecule has 1 atom stereocenters. The van der Waals surface area contributed by atoms with Gasteiger partial charge in [-0.05, 0) is 66.5 Å². The molecule has 4 rings (SSSR count). The van der Waals surface area contributed by atoms with Gasteiger partial charge in [-0.25, -0.2) is 0 Å². The first-order valence-electron chi connectivity index (χ1n) is 8.47. The van der Waals surface area contributed by atoms with Gasteiger partial charge in [-0.2, -0.15) is 4.68 Å². The number of aromatic nitrogens is 4. The summed E-state index contributed by atoms with van der Waals surface area (Å²) >= 11 is 0. The van der Waals surface area contributed by atoms with Crippen molar-refractivity contribution in [3.8, 4) is 5.69 Å². The zero-order valence-corrected chi connectivity index (χ0v) is 13.8. The number of likely N-dealkylation sites (tertiary alicyclic amines) is 1. The van der Waals surface area contributed by atoms with E-state index >= 15 is 0 Å². The van der Waals surface area contributed by atoms with Gasteiger partial charge >= 0.3 is 0 Å². The third-order valence-electron chi connectivity index (χ3n) is 4.61. The maximum atomic E-state index is 4.40. The summed E-state index contributed by atoms with van der Waals surface area (Å²) in [5, 5.41) is 12.7. The number of aryl methyl sites for hydroxylation is 1. The van der Waals surface area contributed by atoms with E-state index in [0.717, 1.165) is 24.6 Å². The summed E-state index contributed by atoms with van der Waals surface area (Å²) in [5.74, 6) is 0.883. The summed E-state index contributed by atoms with van der Waals surface area (Å²) in [6.45, 7) is 4.25. The summed E-state index contributed by atoms with van der Waals surface area (Å²) < 4.78 is 1.88. The van der Waals surface area contributed by atoms with Gasteiger partial charge in [-0.15, -0.1) is 5.10 Å². The average Bonchev–Trinajstić information content (AvgIpc) is 3.29. The summed E-state index contributed by atoms with van der Waals surface area (Å²) in [5.41, 5.74) is 3.45. The SMILES string of the molecule is Cc1cccc(-n2nnnc2C(c2ccccc2)N2CCCC2)c1. The van der Waals surface area contributed by atoms with Crippen LogP contribution in [0.4, 0.5) is 0 Å². The Hall–Kier alpha value is -2.53. The van der Waals surface area contributed by atoms with E-state index in [9.17, 15) is 0 Å². The second-order valence-corrected chi connectivity index (χ2v) is 6.34. The van der Waals surface area contributed by atoms with Gasteiger partial charge in [0.15, 0.2) is 5.82 Å². The zero-order valence-electron chi connectivity index (χ0n) is 13.8. The molecule has 3 aromatic rings. The Morgan fingerprint density at radius 1 is 0.958 bits per heavy atom. The first-order chi connectivity index (χ1) is 11.8. The van der Waals surface area contributed by atoms with Crippen molar-refractivity contribution >= 4 is 0 Å². The molecule has 1 saturated heterocycles. The van der Waals surface area contributed by atoms with Crippen molar-refractivity contribution in [1.29, 1.82) is 0 Å². The Balaban J connectivity index is 1.81. The molecule has 1 aliphatic heterocycles. The van der Waals surface area contributed by atoms with E-state index in [0.29, 0.717) is 0 Å². The second kappa shape index (κ2) is 6.53. The van der Waals surface area contributed by atoms with Gasteiger partial charge < -0.3 is 0 Å². The third-order valence-corrected chi connectivity index (χ3v) is 4.61. The monoisotopic (exact) mass is 319 g/mol. The van der Waals surface area contributed by atoms with E-state index in [2.05, 4.69) is 69.8 Å². The van der Waals surface area contributed by atoms with Gasteiger partial charge in [-0.1, -0.05) is 42.5 Å². The first-order valence-corrected chi connectivity index (χ1v) is 8.47. The van der Waals surface area contributed by atoms with E-state index < -0.39 is 0 Å². The van der Waals surface area contributed by atoms with Crippen LogP contribution in [0.15, 0.2) is 54.6 Å². The number of hydrogen-bond acceptors (Lipinski definition) is 4. The quantitative estimate of drug-likeness (QED) is 0.741. The molecule has 5 heteroatoms. The van der Waals surface area contributed by atoms with Gasteiger partial charge in [-0.3, -0.25) is 4.90 Å². The molecule has 0 bridgehead atoms. The predicted octanol–water partition coefficient (Wildman–Crippen LogP) is 3.16. The van der Waals surface area contributed by atoms with E-state index in [1.807, 2.05) is 16.8 Å². The lowest BCUT2D eigenvalue weighted by Crippen LogP contribution is -2.29. The number of hydrogen-bond donors (Lipinski definition) is 0. The van der Waals surface area contributed by atoms with E-state index in [-0.39, 0.29) is 6.04 Å². The molecule has 1 fully saturated rings. The highest BCUT2D eigenvalue weighted by molar-refractivity contribution is 5.36. The topological polar surface area (TPSA) is 46.8 Å². The summed E-state index contributed by atoms with van der Waals surface area (Å²) in [6.07, 6.45) is 2.46. The van der Waals surface area contributed by atoms with Crippen molar-refractivity contribution in [3.05, 3.63) is 71.5 Å². The Kier molecular flexibility index (Phi) is 4.09. The molecule has 0 N–H and O–H groups in total. The molecule has 0 saturated carbocycles. The lowest BCUT2D eigenvalue weighted by atomic mass is 10.0. The fourth-order valence-electron chi connectivity index (χ4n) is 3.47. The van der Waals surface area contributed by atoms with Crippen molar-refractivity contribution in [2.75, 3.05) is 13.1 Å². The molecule has 2 heterocycles. The smallest absolute Gasteiger partial charge is 0.178 e. The molecule has 2 aromatic carbocycles. The Labute approximate surface area is 141 Å². The van der Waals surface area contributed by atoms with Crippen LogP contribution >= 0.6 is 0 Å². The van der Waals surface area contributed by atoms with Gasteiger partial charge in [0.1, 0.15) is 0 Å². The molecular formula is C19H21N5. The molecule has 122 valence electrons. The van der Waals surface area contributed by atoms with Gasteiger partial charge in [0.25, 0.3) is 0 Å². The van der Waals surface area contributed by atoms with Crippen molar-refractivity contribution in [2.24, 2.45) is 0 Å². The van der Waals surface area contributed by atoms with Crippen LogP contribution in [0.3, 0.4) is 0 Å². The molecule has 5 nitrogen and oxygen atoms in total.